The number of esters is 2. The summed E-state index contributed by atoms with van der Waals surface area (Å²) in [5, 5.41) is 2.73. The summed E-state index contributed by atoms with van der Waals surface area (Å²) in [6, 6.07) is 15.4. The summed E-state index contributed by atoms with van der Waals surface area (Å²) in [5.41, 5.74) is 1.23. The van der Waals surface area contributed by atoms with Crippen molar-refractivity contribution in [1.82, 2.24) is 4.57 Å². The number of hydrogen-bond donors (Lipinski definition) is 1. The van der Waals surface area contributed by atoms with Gasteiger partial charge in [0.25, 0.3) is 5.56 Å². The molecule has 3 rings (SSSR count). The molecule has 0 saturated heterocycles. The van der Waals surface area contributed by atoms with E-state index in [1.165, 1.54) is 17.8 Å². The van der Waals surface area contributed by atoms with Gasteiger partial charge in [0.1, 0.15) is 11.2 Å². The van der Waals surface area contributed by atoms with Gasteiger partial charge >= 0.3 is 11.9 Å². The van der Waals surface area contributed by atoms with Crippen LogP contribution in [0.3, 0.4) is 0 Å². The van der Waals surface area contributed by atoms with Crippen molar-refractivity contribution in [2.24, 2.45) is 0 Å². The van der Waals surface area contributed by atoms with Crippen LogP contribution in [0.2, 0.25) is 0 Å². The predicted octanol–water partition coefficient (Wildman–Crippen LogP) is 1.51. The summed E-state index contributed by atoms with van der Waals surface area (Å²) in [6.45, 7) is 1.59. The highest BCUT2D eigenvalue weighted by Crippen LogP contribution is 2.07. The van der Waals surface area contributed by atoms with E-state index in [4.69, 9.17) is 4.74 Å². The quantitative estimate of drug-likeness (QED) is 0.530. The second kappa shape index (κ2) is 11.1. The van der Waals surface area contributed by atoms with Crippen LogP contribution in [0.25, 0.3) is 12.2 Å². The van der Waals surface area contributed by atoms with Gasteiger partial charge in [0, 0.05) is 5.69 Å². The highest BCUT2D eigenvalue weighted by molar-refractivity contribution is 7.07. The molecule has 33 heavy (non-hydrogen) atoms. The first-order valence-electron chi connectivity index (χ1n) is 10.0. The molecule has 1 amide bonds. The maximum Gasteiger partial charge on any atom is 0.337 e. The molecular formula is C24H22N2O6S. The molecule has 3 aromatic rings. The van der Waals surface area contributed by atoms with Crippen molar-refractivity contribution in [2.75, 3.05) is 19.0 Å². The zero-order valence-electron chi connectivity index (χ0n) is 18.1. The SMILES string of the molecule is CCOC(=O)/C=c1/s/c(=C\c2ccc(C(=O)OC)cc2)c(=O)n1CC(=O)Nc1ccccc1. The highest BCUT2D eigenvalue weighted by atomic mass is 32.1. The van der Waals surface area contributed by atoms with Crippen LogP contribution in [-0.4, -0.2) is 36.1 Å². The normalized spacial score (nSPS) is 11.8. The Morgan fingerprint density at radius 2 is 1.76 bits per heavy atom. The molecule has 8 nitrogen and oxygen atoms in total. The minimum atomic E-state index is -0.607. The molecule has 1 aromatic heterocycles. The lowest BCUT2D eigenvalue weighted by molar-refractivity contribution is -0.135. The number of carbonyl (C=O) groups excluding carboxylic acids is 3. The topological polar surface area (TPSA) is 104 Å². The molecule has 9 heteroatoms. The molecule has 0 radical (unpaired) electrons. The molecule has 2 aromatic carbocycles. The fourth-order valence-electron chi connectivity index (χ4n) is 2.93. The van der Waals surface area contributed by atoms with Gasteiger partial charge in [0.2, 0.25) is 5.91 Å². The highest BCUT2D eigenvalue weighted by Gasteiger charge is 2.12. The Bertz CT molecular complexity index is 1320. The summed E-state index contributed by atoms with van der Waals surface area (Å²) in [5.74, 6) is -1.48. The number of methoxy groups -OCH3 is 1. The van der Waals surface area contributed by atoms with Gasteiger partial charge in [0.15, 0.2) is 0 Å². The third-order valence-corrected chi connectivity index (χ3v) is 5.51. The van der Waals surface area contributed by atoms with Gasteiger partial charge in [-0.2, -0.15) is 0 Å². The van der Waals surface area contributed by atoms with Crippen molar-refractivity contribution in [3.8, 4) is 0 Å². The summed E-state index contributed by atoms with van der Waals surface area (Å²) < 4.78 is 11.5. The molecular weight excluding hydrogens is 444 g/mol. The van der Waals surface area contributed by atoms with Crippen LogP contribution in [0.15, 0.2) is 59.4 Å². The fourth-order valence-corrected chi connectivity index (χ4v) is 3.96. The van der Waals surface area contributed by atoms with Crippen LogP contribution in [0.5, 0.6) is 0 Å². The van der Waals surface area contributed by atoms with Crippen molar-refractivity contribution >= 4 is 47.0 Å². The van der Waals surface area contributed by atoms with Crippen molar-refractivity contribution in [1.29, 1.82) is 0 Å². The van der Waals surface area contributed by atoms with Crippen LogP contribution in [-0.2, 0) is 25.6 Å². The lowest BCUT2D eigenvalue weighted by Gasteiger charge is -2.05. The van der Waals surface area contributed by atoms with Gasteiger partial charge < -0.3 is 14.8 Å². The average molecular weight is 467 g/mol. The monoisotopic (exact) mass is 466 g/mol. The van der Waals surface area contributed by atoms with E-state index in [-0.39, 0.29) is 13.2 Å². The van der Waals surface area contributed by atoms with E-state index in [0.29, 0.717) is 26.0 Å². The number of rotatable bonds is 7. The molecule has 0 aliphatic heterocycles. The van der Waals surface area contributed by atoms with E-state index >= 15 is 0 Å². The summed E-state index contributed by atoms with van der Waals surface area (Å²) in [7, 11) is 1.30. The molecule has 0 spiro atoms. The number of para-hydroxylation sites is 1. The Kier molecular flexibility index (Phi) is 7.93. The summed E-state index contributed by atoms with van der Waals surface area (Å²) in [6.07, 6.45) is 2.82. The largest absolute Gasteiger partial charge is 0.465 e. The lowest BCUT2D eigenvalue weighted by atomic mass is 10.1. The third kappa shape index (κ3) is 6.27. The Morgan fingerprint density at radius 1 is 1.06 bits per heavy atom. The van der Waals surface area contributed by atoms with E-state index < -0.39 is 23.4 Å². The number of hydrogen-bond acceptors (Lipinski definition) is 7. The van der Waals surface area contributed by atoms with Crippen molar-refractivity contribution < 1.29 is 23.9 Å². The predicted molar refractivity (Wildman–Crippen MR) is 125 cm³/mol. The zero-order chi connectivity index (χ0) is 23.8. The van der Waals surface area contributed by atoms with Gasteiger partial charge in [-0.25, -0.2) is 9.59 Å². The average Bonchev–Trinajstić information content (AvgIpc) is 3.08. The van der Waals surface area contributed by atoms with E-state index in [0.717, 1.165) is 11.3 Å². The molecule has 0 fully saturated rings. The Balaban J connectivity index is 1.98. The fraction of sp³-hybridized carbons (Fsp3) is 0.167. The standard InChI is InChI=1S/C24H22N2O6S/c1-3-32-22(28)14-21-26(15-20(27)25-18-7-5-4-6-8-18)23(29)19(33-21)13-16-9-11-17(12-10-16)24(30)31-2/h4-14H,3,15H2,1-2H3,(H,25,27)/b19-13-,21-14+. The Hall–Kier alpha value is -3.98. The molecule has 0 bridgehead atoms. The van der Waals surface area contributed by atoms with E-state index in [9.17, 15) is 19.2 Å². The summed E-state index contributed by atoms with van der Waals surface area (Å²) >= 11 is 1.07. The number of nitrogens with zero attached hydrogens (tertiary/aromatic N) is 1. The number of amides is 1. The minimum Gasteiger partial charge on any atom is -0.465 e. The van der Waals surface area contributed by atoms with Gasteiger partial charge in [0.05, 0.1) is 29.9 Å². The first-order chi connectivity index (χ1) is 15.9. The minimum absolute atomic E-state index is 0.185. The number of nitrogens with one attached hydrogen (secondary N) is 1. The lowest BCUT2D eigenvalue weighted by Crippen LogP contribution is -2.36. The molecule has 0 unspecified atom stereocenters. The second-order valence-corrected chi connectivity index (χ2v) is 7.83. The number of thiazole rings is 1. The Labute approximate surface area is 193 Å². The van der Waals surface area contributed by atoms with Crippen LogP contribution >= 0.6 is 11.3 Å². The van der Waals surface area contributed by atoms with E-state index in [1.807, 2.05) is 6.07 Å². The van der Waals surface area contributed by atoms with Crippen LogP contribution in [0, 0.1) is 0 Å². The van der Waals surface area contributed by atoms with Gasteiger partial charge in [-0.15, -0.1) is 11.3 Å². The number of aromatic nitrogens is 1. The molecule has 0 saturated carbocycles. The number of benzene rings is 2. The van der Waals surface area contributed by atoms with Gasteiger partial charge in [-0.05, 0) is 42.8 Å². The second-order valence-electron chi connectivity index (χ2n) is 6.76. The molecule has 1 heterocycles. The Morgan fingerprint density at radius 3 is 2.39 bits per heavy atom. The molecule has 170 valence electrons. The molecule has 0 aliphatic carbocycles. The van der Waals surface area contributed by atoms with Crippen LogP contribution < -0.4 is 20.1 Å². The number of anilines is 1. The number of carbonyl (C=O) groups is 3. The molecule has 0 atom stereocenters. The maximum absolute atomic E-state index is 13.1. The summed E-state index contributed by atoms with van der Waals surface area (Å²) in [4.78, 5) is 49.2. The number of ether oxygens (including phenoxy) is 2. The third-order valence-electron chi connectivity index (χ3n) is 4.45. The van der Waals surface area contributed by atoms with Gasteiger partial charge in [-0.1, -0.05) is 30.3 Å². The van der Waals surface area contributed by atoms with E-state index in [1.54, 1.807) is 61.5 Å². The first-order valence-corrected chi connectivity index (χ1v) is 10.9. The first kappa shape index (κ1) is 23.7. The van der Waals surface area contributed by atoms with Crippen LogP contribution in [0.4, 0.5) is 5.69 Å². The van der Waals surface area contributed by atoms with E-state index in [2.05, 4.69) is 10.1 Å². The van der Waals surface area contributed by atoms with Gasteiger partial charge in [-0.3, -0.25) is 14.2 Å². The smallest absolute Gasteiger partial charge is 0.337 e. The molecule has 1 N–H and O–H groups in total. The maximum atomic E-state index is 13.1. The van der Waals surface area contributed by atoms with Crippen LogP contribution in [0.1, 0.15) is 22.8 Å². The van der Waals surface area contributed by atoms with Crippen molar-refractivity contribution in [3.05, 3.63) is 85.3 Å². The molecule has 0 aliphatic rings. The van der Waals surface area contributed by atoms with Crippen molar-refractivity contribution in [3.63, 3.8) is 0 Å². The van der Waals surface area contributed by atoms with Crippen molar-refractivity contribution in [2.45, 2.75) is 13.5 Å². The zero-order valence-corrected chi connectivity index (χ0v) is 18.9.